The van der Waals surface area contributed by atoms with E-state index in [2.05, 4.69) is 31.0 Å². The number of rotatable bonds is 1. The molecule has 0 bridgehead atoms. The first-order valence-corrected chi connectivity index (χ1v) is 6.45. The van der Waals surface area contributed by atoms with Crippen LogP contribution in [0.2, 0.25) is 10.0 Å². The van der Waals surface area contributed by atoms with Gasteiger partial charge < -0.3 is 4.90 Å². The molecule has 86 valence electrons. The third kappa shape index (κ3) is 1.28. The van der Waals surface area contributed by atoms with E-state index in [1.165, 1.54) is 12.1 Å². The van der Waals surface area contributed by atoms with Gasteiger partial charge in [-0.25, -0.2) is 0 Å². The van der Waals surface area contributed by atoms with E-state index < -0.39 is 0 Å². The fourth-order valence-corrected chi connectivity index (χ4v) is 3.81. The molecule has 0 amide bonds. The molecule has 1 heterocycles. The monoisotopic (exact) mass is 255 g/mol. The van der Waals surface area contributed by atoms with Gasteiger partial charge in [0.2, 0.25) is 0 Å². The molecule has 0 aromatic heterocycles. The van der Waals surface area contributed by atoms with Crippen LogP contribution in [0, 0.1) is 11.8 Å². The lowest BCUT2D eigenvalue weighted by molar-refractivity contribution is 0.338. The summed E-state index contributed by atoms with van der Waals surface area (Å²) in [7, 11) is 2.19. The predicted molar refractivity (Wildman–Crippen MR) is 68.3 cm³/mol. The van der Waals surface area contributed by atoms with Crippen molar-refractivity contribution < 1.29 is 0 Å². The summed E-state index contributed by atoms with van der Waals surface area (Å²) in [5.41, 5.74) is 1.71. The first kappa shape index (κ1) is 10.9. The van der Waals surface area contributed by atoms with Gasteiger partial charge >= 0.3 is 0 Å². The Morgan fingerprint density at radius 2 is 2.06 bits per heavy atom. The Hall–Kier alpha value is -0.240. The van der Waals surface area contributed by atoms with E-state index in [-0.39, 0.29) is 0 Å². The topological polar surface area (TPSA) is 3.24 Å². The van der Waals surface area contributed by atoms with Gasteiger partial charge in [0.05, 0.1) is 10.0 Å². The lowest BCUT2D eigenvalue weighted by Gasteiger charge is -2.19. The van der Waals surface area contributed by atoms with Crippen LogP contribution in [0.1, 0.15) is 12.5 Å². The molecule has 1 aromatic rings. The number of fused-ring (bicyclic) bond motifs is 1. The summed E-state index contributed by atoms with van der Waals surface area (Å²) in [4.78, 5) is 2.41. The van der Waals surface area contributed by atoms with Crippen molar-refractivity contribution in [1.29, 1.82) is 0 Å². The van der Waals surface area contributed by atoms with Crippen molar-refractivity contribution in [1.82, 2.24) is 4.90 Å². The second-order valence-corrected chi connectivity index (χ2v) is 6.08. The van der Waals surface area contributed by atoms with Crippen molar-refractivity contribution in [3.63, 3.8) is 0 Å². The molecule has 1 aliphatic heterocycles. The average molecular weight is 256 g/mol. The van der Waals surface area contributed by atoms with Crippen LogP contribution in [-0.4, -0.2) is 25.0 Å². The maximum Gasteiger partial charge on any atom is 0.0595 e. The molecule has 1 unspecified atom stereocenters. The number of hydrogen-bond donors (Lipinski definition) is 0. The van der Waals surface area contributed by atoms with Gasteiger partial charge in [0.25, 0.3) is 0 Å². The third-order valence-corrected chi connectivity index (χ3v) is 5.20. The molecular weight excluding hydrogens is 241 g/mol. The zero-order chi connectivity index (χ0) is 11.5. The van der Waals surface area contributed by atoms with Gasteiger partial charge in [-0.3, -0.25) is 0 Å². The van der Waals surface area contributed by atoms with Gasteiger partial charge in [0, 0.05) is 18.5 Å². The van der Waals surface area contributed by atoms with Gasteiger partial charge in [-0.2, -0.15) is 0 Å². The molecule has 0 spiro atoms. The summed E-state index contributed by atoms with van der Waals surface area (Å²) < 4.78 is 0. The Morgan fingerprint density at radius 1 is 1.31 bits per heavy atom. The lowest BCUT2D eigenvalue weighted by atomic mass is 9.93. The van der Waals surface area contributed by atoms with Crippen molar-refractivity contribution in [2.75, 3.05) is 20.1 Å². The molecule has 1 saturated heterocycles. The fraction of sp³-hybridized carbons (Fsp3) is 0.538. The molecular formula is C13H15Cl2N. The van der Waals surface area contributed by atoms with E-state index in [1.54, 1.807) is 0 Å². The zero-order valence-corrected chi connectivity index (χ0v) is 11.0. The van der Waals surface area contributed by atoms with Crippen LogP contribution in [0.15, 0.2) is 18.2 Å². The summed E-state index contributed by atoms with van der Waals surface area (Å²) >= 11 is 12.1. The van der Waals surface area contributed by atoms with Crippen molar-refractivity contribution >= 4 is 23.2 Å². The quantitative estimate of drug-likeness (QED) is 0.744. The Kier molecular flexibility index (Phi) is 2.30. The summed E-state index contributed by atoms with van der Waals surface area (Å²) in [5.74, 6) is 1.58. The number of halogens is 2. The summed E-state index contributed by atoms with van der Waals surface area (Å²) in [6.07, 6.45) is 0. The highest BCUT2D eigenvalue weighted by atomic mass is 35.5. The number of piperidine rings is 1. The van der Waals surface area contributed by atoms with Crippen molar-refractivity contribution in [3.8, 4) is 0 Å². The maximum atomic E-state index is 6.11. The van der Waals surface area contributed by atoms with E-state index in [4.69, 9.17) is 23.2 Å². The molecule has 3 rings (SSSR count). The molecule has 1 saturated carbocycles. The van der Waals surface area contributed by atoms with Gasteiger partial charge in [0.1, 0.15) is 0 Å². The highest BCUT2D eigenvalue weighted by Crippen LogP contribution is 2.63. The largest absolute Gasteiger partial charge is 0.305 e. The number of benzene rings is 1. The Balaban J connectivity index is 2.01. The van der Waals surface area contributed by atoms with Crippen LogP contribution in [-0.2, 0) is 5.41 Å². The highest BCUT2D eigenvalue weighted by molar-refractivity contribution is 6.42. The lowest BCUT2D eigenvalue weighted by Crippen LogP contribution is -2.24. The van der Waals surface area contributed by atoms with Crippen molar-refractivity contribution in [3.05, 3.63) is 33.8 Å². The van der Waals surface area contributed by atoms with E-state index in [0.717, 1.165) is 18.4 Å². The second-order valence-electron chi connectivity index (χ2n) is 5.26. The molecule has 0 radical (unpaired) electrons. The highest BCUT2D eigenvalue weighted by Gasteiger charge is 2.66. The van der Waals surface area contributed by atoms with Gasteiger partial charge in [0.15, 0.2) is 0 Å². The molecule has 3 atom stereocenters. The Labute approximate surface area is 106 Å². The van der Waals surface area contributed by atoms with E-state index in [1.807, 2.05) is 6.07 Å². The molecule has 1 aliphatic carbocycles. The second kappa shape index (κ2) is 3.38. The first-order chi connectivity index (χ1) is 7.55. The van der Waals surface area contributed by atoms with Crippen LogP contribution >= 0.6 is 23.2 Å². The van der Waals surface area contributed by atoms with E-state index in [9.17, 15) is 0 Å². The van der Waals surface area contributed by atoms with Crippen molar-refractivity contribution in [2.24, 2.45) is 11.8 Å². The standard InChI is InChI=1S/C13H15Cl2N/c1-8-10-6-16(2)7-13(8,10)9-3-4-11(14)12(15)5-9/h3-5,8,10H,6-7H2,1-2H3/t8-,10-,13?/m1/s1. The summed E-state index contributed by atoms with van der Waals surface area (Å²) in [6.45, 7) is 4.71. The zero-order valence-electron chi connectivity index (χ0n) is 9.50. The molecule has 0 N–H and O–H groups in total. The molecule has 1 nitrogen and oxygen atoms in total. The molecule has 2 fully saturated rings. The number of hydrogen-bond acceptors (Lipinski definition) is 1. The maximum absolute atomic E-state index is 6.11. The van der Waals surface area contributed by atoms with Crippen LogP contribution in [0.5, 0.6) is 0 Å². The van der Waals surface area contributed by atoms with Crippen molar-refractivity contribution in [2.45, 2.75) is 12.3 Å². The van der Waals surface area contributed by atoms with Crippen LogP contribution in [0.25, 0.3) is 0 Å². The minimum absolute atomic E-state index is 0.350. The smallest absolute Gasteiger partial charge is 0.0595 e. The molecule has 16 heavy (non-hydrogen) atoms. The average Bonchev–Trinajstić information content (AvgIpc) is 2.65. The van der Waals surface area contributed by atoms with Gasteiger partial charge in [-0.05, 0) is 36.6 Å². The first-order valence-electron chi connectivity index (χ1n) is 5.70. The molecule has 1 aromatic carbocycles. The Bertz CT molecular complexity index is 446. The summed E-state index contributed by atoms with van der Waals surface area (Å²) in [6, 6.07) is 6.12. The van der Waals surface area contributed by atoms with E-state index >= 15 is 0 Å². The minimum Gasteiger partial charge on any atom is -0.305 e. The van der Waals surface area contributed by atoms with E-state index in [0.29, 0.717) is 15.5 Å². The van der Waals surface area contributed by atoms with Crippen LogP contribution < -0.4 is 0 Å². The van der Waals surface area contributed by atoms with Gasteiger partial charge in [-0.15, -0.1) is 0 Å². The van der Waals surface area contributed by atoms with Crippen LogP contribution in [0.4, 0.5) is 0 Å². The Morgan fingerprint density at radius 3 is 2.69 bits per heavy atom. The third-order valence-electron chi connectivity index (χ3n) is 4.47. The predicted octanol–water partition coefficient (Wildman–Crippen LogP) is 3.44. The number of likely N-dealkylation sites (N-methyl/N-ethyl adjacent to an activating group) is 1. The van der Waals surface area contributed by atoms with Gasteiger partial charge in [-0.1, -0.05) is 36.2 Å². The molecule has 3 heteroatoms. The fourth-order valence-electron chi connectivity index (χ4n) is 3.51. The minimum atomic E-state index is 0.350. The molecule has 2 aliphatic rings. The summed E-state index contributed by atoms with van der Waals surface area (Å²) in [5, 5.41) is 1.33. The number of likely N-dealkylation sites (tertiary alicyclic amines) is 1. The number of nitrogens with zero attached hydrogens (tertiary/aromatic N) is 1. The van der Waals surface area contributed by atoms with Crippen LogP contribution in [0.3, 0.4) is 0 Å². The SMILES string of the molecule is C[C@@H]1[C@H]2CN(C)CC12c1ccc(Cl)c(Cl)c1. The normalized spacial score (nSPS) is 37.5.